The summed E-state index contributed by atoms with van der Waals surface area (Å²) in [5.41, 5.74) is 1.52. The molecule has 2 aromatic carbocycles. The van der Waals surface area contributed by atoms with Crippen molar-refractivity contribution in [1.82, 2.24) is 0 Å². The van der Waals surface area contributed by atoms with Crippen molar-refractivity contribution in [3.63, 3.8) is 0 Å². The quantitative estimate of drug-likeness (QED) is 0.650. The number of aryl methyl sites for hydroxylation is 1. The van der Waals surface area contributed by atoms with Crippen molar-refractivity contribution in [3.8, 4) is 5.75 Å². The number of nitrogens with one attached hydrogen (secondary N) is 1. The van der Waals surface area contributed by atoms with Crippen LogP contribution in [0.1, 0.15) is 5.56 Å². The maximum absolute atomic E-state index is 12.5. The first-order valence-corrected chi connectivity index (χ1v) is 9.24. The third-order valence-electron chi connectivity index (χ3n) is 2.61. The van der Waals surface area contributed by atoms with E-state index in [-0.39, 0.29) is 0 Å². The van der Waals surface area contributed by atoms with E-state index in [2.05, 4.69) is 5.09 Å². The summed E-state index contributed by atoms with van der Waals surface area (Å²) >= 11 is 17.8. The number of rotatable bonds is 4. The third-order valence-corrected chi connectivity index (χ3v) is 4.87. The van der Waals surface area contributed by atoms with Crippen molar-refractivity contribution in [2.45, 2.75) is 6.92 Å². The normalized spacial score (nSPS) is 13.6. The highest BCUT2D eigenvalue weighted by Crippen LogP contribution is 2.46. The van der Waals surface area contributed by atoms with Gasteiger partial charge in [0.1, 0.15) is 5.75 Å². The van der Waals surface area contributed by atoms with Crippen LogP contribution in [0.2, 0.25) is 15.1 Å². The summed E-state index contributed by atoms with van der Waals surface area (Å²) in [4.78, 5) is 0. The van der Waals surface area contributed by atoms with Gasteiger partial charge in [-0.2, -0.15) is 0 Å². The minimum absolute atomic E-state index is 0.370. The Hall–Kier alpha value is -0.860. The summed E-state index contributed by atoms with van der Waals surface area (Å²) in [5.74, 6) is 0.370. The van der Waals surface area contributed by atoms with Crippen molar-refractivity contribution < 1.29 is 9.09 Å². The van der Waals surface area contributed by atoms with E-state index in [1.165, 1.54) is 6.66 Å². The van der Waals surface area contributed by atoms with Crippen molar-refractivity contribution in [2.24, 2.45) is 0 Å². The van der Waals surface area contributed by atoms with E-state index >= 15 is 0 Å². The van der Waals surface area contributed by atoms with Gasteiger partial charge in [0.05, 0.1) is 15.1 Å². The van der Waals surface area contributed by atoms with Crippen LogP contribution >= 0.6 is 42.3 Å². The predicted molar refractivity (Wildman–Crippen MR) is 90.4 cm³/mol. The predicted octanol–water partition coefficient (Wildman–Crippen LogP) is 6.27. The fourth-order valence-electron chi connectivity index (χ4n) is 1.69. The Bertz CT molecular complexity index is 721. The van der Waals surface area contributed by atoms with E-state index in [9.17, 15) is 4.57 Å². The number of hydrogen-bond donors (Lipinski definition) is 1. The lowest BCUT2D eigenvalue weighted by Gasteiger charge is -2.18. The summed E-state index contributed by atoms with van der Waals surface area (Å²) in [6.07, 6.45) is 0. The van der Waals surface area contributed by atoms with Gasteiger partial charge in [0, 0.05) is 12.4 Å². The zero-order valence-electron chi connectivity index (χ0n) is 11.4. The molecule has 2 rings (SSSR count). The second-order valence-corrected chi connectivity index (χ2v) is 7.93. The van der Waals surface area contributed by atoms with Gasteiger partial charge in [0.25, 0.3) is 0 Å². The maximum atomic E-state index is 12.5. The molecule has 0 heterocycles. The molecule has 0 saturated carbocycles. The molecule has 2 aromatic rings. The molecule has 0 aromatic heterocycles. The average molecular weight is 365 g/mol. The molecule has 1 N–H and O–H groups in total. The van der Waals surface area contributed by atoms with Crippen molar-refractivity contribution in [1.29, 1.82) is 0 Å². The molecule has 0 saturated heterocycles. The molecule has 0 aliphatic carbocycles. The molecule has 0 bridgehead atoms. The van der Waals surface area contributed by atoms with Crippen LogP contribution in [0.4, 0.5) is 5.69 Å². The van der Waals surface area contributed by atoms with Gasteiger partial charge in [-0.25, -0.2) is 0 Å². The van der Waals surface area contributed by atoms with Gasteiger partial charge >= 0.3 is 7.52 Å². The minimum atomic E-state index is -3.15. The average Bonchev–Trinajstić information content (AvgIpc) is 2.37. The molecule has 0 unspecified atom stereocenters. The smallest absolute Gasteiger partial charge is 0.338 e. The van der Waals surface area contributed by atoms with Gasteiger partial charge in [-0.15, -0.1) is 0 Å². The van der Waals surface area contributed by atoms with Crippen LogP contribution in [0.15, 0.2) is 36.4 Å². The number of benzene rings is 2. The van der Waals surface area contributed by atoms with E-state index in [0.29, 0.717) is 26.5 Å². The van der Waals surface area contributed by atoms with Crippen LogP contribution in [0.5, 0.6) is 5.75 Å². The summed E-state index contributed by atoms with van der Waals surface area (Å²) in [6.45, 7) is 3.37. The molecule has 21 heavy (non-hydrogen) atoms. The molecular weight excluding hydrogens is 351 g/mol. The first kappa shape index (κ1) is 16.5. The first-order valence-electron chi connectivity index (χ1n) is 6.03. The number of anilines is 1. The molecule has 3 nitrogen and oxygen atoms in total. The largest absolute Gasteiger partial charge is 0.427 e. The second kappa shape index (κ2) is 6.50. The van der Waals surface area contributed by atoms with Crippen LogP contribution in [-0.2, 0) is 4.57 Å². The molecule has 0 aliphatic heterocycles. The SMILES string of the molecule is Cc1ccc(Cl)c(O[P@@](C)(=O)Nc2ccc(Cl)c(Cl)c2)c1. The van der Waals surface area contributed by atoms with Gasteiger partial charge in [-0.05, 0) is 42.8 Å². The lowest BCUT2D eigenvalue weighted by atomic mass is 10.2. The van der Waals surface area contributed by atoms with Crippen LogP contribution in [0.3, 0.4) is 0 Å². The van der Waals surface area contributed by atoms with Gasteiger partial charge in [-0.3, -0.25) is 4.57 Å². The second-order valence-electron chi connectivity index (χ2n) is 4.61. The van der Waals surface area contributed by atoms with Crippen LogP contribution in [0, 0.1) is 6.92 Å². The molecule has 0 spiro atoms. The van der Waals surface area contributed by atoms with Crippen LogP contribution < -0.4 is 9.61 Å². The summed E-state index contributed by atoms with van der Waals surface area (Å²) in [7, 11) is -3.15. The Balaban J connectivity index is 2.20. The Morgan fingerprint density at radius 1 is 1.00 bits per heavy atom. The van der Waals surface area contributed by atoms with Crippen molar-refractivity contribution >= 4 is 48.0 Å². The molecule has 112 valence electrons. The first-order chi connectivity index (χ1) is 9.77. The lowest BCUT2D eigenvalue weighted by Crippen LogP contribution is -2.02. The minimum Gasteiger partial charge on any atom is -0.427 e. The maximum Gasteiger partial charge on any atom is 0.338 e. The molecule has 0 radical (unpaired) electrons. The van der Waals surface area contributed by atoms with Crippen molar-refractivity contribution in [2.75, 3.05) is 11.8 Å². The van der Waals surface area contributed by atoms with E-state index < -0.39 is 7.52 Å². The molecule has 7 heteroatoms. The molecule has 0 aliphatic rings. The highest BCUT2D eigenvalue weighted by atomic mass is 35.5. The lowest BCUT2D eigenvalue weighted by molar-refractivity contribution is 0.493. The van der Waals surface area contributed by atoms with Crippen LogP contribution in [0.25, 0.3) is 0 Å². The van der Waals surface area contributed by atoms with E-state index in [0.717, 1.165) is 5.56 Å². The van der Waals surface area contributed by atoms with Crippen molar-refractivity contribution in [3.05, 3.63) is 57.0 Å². The summed E-state index contributed by atoms with van der Waals surface area (Å²) in [5, 5.41) is 4.01. The fourth-order valence-corrected chi connectivity index (χ4v) is 3.38. The molecule has 1 atom stereocenters. The standard InChI is InChI=1S/C14H13Cl3NO2P/c1-9-3-5-12(16)14(7-9)20-21(2,19)18-10-4-6-11(15)13(17)8-10/h3-8H,1-2H3,(H,18,19)/t21-/m1/s1. The Labute approximate surface area is 138 Å². The fraction of sp³-hybridized carbons (Fsp3) is 0.143. The molecule has 0 amide bonds. The van der Waals surface area contributed by atoms with Crippen LogP contribution in [-0.4, -0.2) is 6.66 Å². The van der Waals surface area contributed by atoms with Gasteiger partial charge in [-0.1, -0.05) is 40.9 Å². The molecular formula is C14H13Cl3NO2P. The molecule has 0 fully saturated rings. The summed E-state index contributed by atoms with van der Waals surface area (Å²) < 4.78 is 18.1. The van der Waals surface area contributed by atoms with Gasteiger partial charge in [0.15, 0.2) is 0 Å². The Morgan fingerprint density at radius 2 is 1.67 bits per heavy atom. The number of hydrogen-bond acceptors (Lipinski definition) is 2. The Kier molecular flexibility index (Phi) is 5.11. The van der Waals surface area contributed by atoms with E-state index in [1.807, 2.05) is 13.0 Å². The monoisotopic (exact) mass is 363 g/mol. The van der Waals surface area contributed by atoms with Gasteiger partial charge < -0.3 is 9.61 Å². The third kappa shape index (κ3) is 4.55. The van der Waals surface area contributed by atoms with Gasteiger partial charge in [0.2, 0.25) is 0 Å². The van der Waals surface area contributed by atoms with E-state index in [4.69, 9.17) is 39.3 Å². The highest BCUT2D eigenvalue weighted by molar-refractivity contribution is 7.60. The topological polar surface area (TPSA) is 38.3 Å². The zero-order chi connectivity index (χ0) is 15.6. The summed E-state index contributed by atoms with van der Waals surface area (Å²) in [6, 6.07) is 10.2. The number of halogens is 3. The van der Waals surface area contributed by atoms with E-state index in [1.54, 1.807) is 30.3 Å². The highest BCUT2D eigenvalue weighted by Gasteiger charge is 2.19. The zero-order valence-corrected chi connectivity index (χ0v) is 14.5. The Morgan fingerprint density at radius 3 is 2.33 bits per heavy atom.